The van der Waals surface area contributed by atoms with E-state index in [1.54, 1.807) is 6.07 Å². The molecule has 0 spiro atoms. The van der Waals surface area contributed by atoms with Crippen LogP contribution in [0.25, 0.3) is 0 Å². The minimum Gasteiger partial charge on any atom is -0.307 e. The number of aryl methyl sites for hydroxylation is 1. The van der Waals surface area contributed by atoms with Gasteiger partial charge < -0.3 is 5.32 Å². The molecule has 1 aromatic rings. The Morgan fingerprint density at radius 3 is 2.47 bits per heavy atom. The van der Waals surface area contributed by atoms with Crippen molar-refractivity contribution in [3.8, 4) is 0 Å². The summed E-state index contributed by atoms with van der Waals surface area (Å²) >= 11 is 0. The third-order valence-corrected chi connectivity index (χ3v) is 2.71. The number of rotatable bonds is 5. The van der Waals surface area contributed by atoms with Gasteiger partial charge in [0.1, 0.15) is 0 Å². The van der Waals surface area contributed by atoms with Gasteiger partial charge in [0.15, 0.2) is 0 Å². The van der Waals surface area contributed by atoms with Crippen LogP contribution in [0.15, 0.2) is 18.2 Å². The highest BCUT2D eigenvalue weighted by Gasteiger charge is 2.39. The second kappa shape index (κ2) is 5.49. The molecule has 1 rings (SSSR count). The van der Waals surface area contributed by atoms with Crippen molar-refractivity contribution in [2.75, 3.05) is 6.54 Å². The zero-order valence-electron chi connectivity index (χ0n) is 9.74. The third-order valence-electron chi connectivity index (χ3n) is 2.71. The Kier molecular flexibility index (Phi) is 4.51. The van der Waals surface area contributed by atoms with Gasteiger partial charge in [-0.2, -0.15) is 8.78 Å². The highest BCUT2D eigenvalue weighted by Crippen LogP contribution is 2.21. The second-order valence-corrected chi connectivity index (χ2v) is 4.02. The molecule has 5 heteroatoms. The minimum atomic E-state index is -3.97. The zero-order valence-corrected chi connectivity index (χ0v) is 9.74. The lowest BCUT2D eigenvalue weighted by Gasteiger charge is -2.16. The van der Waals surface area contributed by atoms with E-state index in [2.05, 4.69) is 5.32 Å². The first kappa shape index (κ1) is 14.0. The predicted molar refractivity (Wildman–Crippen MR) is 58.6 cm³/mol. The SMILES string of the molecule is Cc1cccc(CNCC(F)(F)C(F)F)c1C. The Labute approximate surface area is 97.8 Å². The molecule has 0 aliphatic carbocycles. The maximum absolute atomic E-state index is 12.6. The van der Waals surface area contributed by atoms with Crippen LogP contribution in [-0.2, 0) is 6.54 Å². The van der Waals surface area contributed by atoms with Gasteiger partial charge in [0.25, 0.3) is 0 Å². The lowest BCUT2D eigenvalue weighted by atomic mass is 10.0. The van der Waals surface area contributed by atoms with Crippen molar-refractivity contribution in [3.63, 3.8) is 0 Å². The molecule has 0 aromatic heterocycles. The highest BCUT2D eigenvalue weighted by molar-refractivity contribution is 5.32. The van der Waals surface area contributed by atoms with E-state index in [9.17, 15) is 17.6 Å². The van der Waals surface area contributed by atoms with Crippen molar-refractivity contribution < 1.29 is 17.6 Å². The van der Waals surface area contributed by atoms with Gasteiger partial charge in [-0.3, -0.25) is 0 Å². The summed E-state index contributed by atoms with van der Waals surface area (Å²) in [5.74, 6) is -3.97. The summed E-state index contributed by atoms with van der Waals surface area (Å²) < 4.78 is 49.0. The molecule has 0 atom stereocenters. The first-order valence-corrected chi connectivity index (χ1v) is 5.26. The summed E-state index contributed by atoms with van der Waals surface area (Å²) in [5.41, 5.74) is 2.88. The Morgan fingerprint density at radius 2 is 1.88 bits per heavy atom. The lowest BCUT2D eigenvalue weighted by molar-refractivity contribution is -0.125. The van der Waals surface area contributed by atoms with Crippen LogP contribution < -0.4 is 5.32 Å². The Hall–Kier alpha value is -1.10. The number of hydrogen-bond donors (Lipinski definition) is 1. The maximum atomic E-state index is 12.6. The van der Waals surface area contributed by atoms with E-state index in [0.29, 0.717) is 0 Å². The van der Waals surface area contributed by atoms with Gasteiger partial charge in [0.05, 0.1) is 6.54 Å². The predicted octanol–water partition coefficient (Wildman–Crippen LogP) is 3.29. The largest absolute Gasteiger partial charge is 0.319 e. The molecular weight excluding hydrogens is 234 g/mol. The molecule has 0 aliphatic rings. The van der Waals surface area contributed by atoms with Crippen LogP contribution in [0.4, 0.5) is 17.6 Å². The third kappa shape index (κ3) is 3.70. The fourth-order valence-corrected chi connectivity index (χ4v) is 1.44. The van der Waals surface area contributed by atoms with Crippen LogP contribution in [0.5, 0.6) is 0 Å². The molecule has 0 fully saturated rings. The van der Waals surface area contributed by atoms with E-state index in [0.717, 1.165) is 16.7 Å². The summed E-state index contributed by atoms with van der Waals surface area (Å²) in [5, 5.41) is 2.36. The summed E-state index contributed by atoms with van der Waals surface area (Å²) in [4.78, 5) is 0. The molecule has 0 heterocycles. The topological polar surface area (TPSA) is 12.0 Å². The maximum Gasteiger partial charge on any atom is 0.319 e. The monoisotopic (exact) mass is 249 g/mol. The molecule has 96 valence electrons. The normalized spacial score (nSPS) is 12.2. The fraction of sp³-hybridized carbons (Fsp3) is 0.500. The van der Waals surface area contributed by atoms with Crippen molar-refractivity contribution >= 4 is 0 Å². The summed E-state index contributed by atoms with van der Waals surface area (Å²) in [6, 6.07) is 5.51. The minimum absolute atomic E-state index is 0.163. The standard InChI is InChI=1S/C12H15F4N/c1-8-4-3-5-10(9(8)2)6-17-7-12(15,16)11(13)14/h3-5,11,17H,6-7H2,1-2H3. The lowest BCUT2D eigenvalue weighted by Crippen LogP contribution is -2.38. The van der Waals surface area contributed by atoms with Gasteiger partial charge in [0, 0.05) is 6.54 Å². The molecule has 0 aliphatic heterocycles. The number of alkyl halides is 4. The van der Waals surface area contributed by atoms with Crippen molar-refractivity contribution in [1.82, 2.24) is 5.32 Å². The number of halogens is 4. The van der Waals surface area contributed by atoms with Gasteiger partial charge in [0.2, 0.25) is 0 Å². The van der Waals surface area contributed by atoms with Crippen LogP contribution in [0.1, 0.15) is 16.7 Å². The molecule has 17 heavy (non-hydrogen) atoms. The molecule has 0 unspecified atom stereocenters. The molecule has 0 amide bonds. The van der Waals surface area contributed by atoms with Crippen LogP contribution >= 0.6 is 0 Å². The van der Waals surface area contributed by atoms with Gasteiger partial charge in [-0.1, -0.05) is 18.2 Å². The Balaban J connectivity index is 2.55. The number of hydrogen-bond acceptors (Lipinski definition) is 1. The summed E-state index contributed by atoms with van der Waals surface area (Å²) in [6.45, 7) is 2.93. The van der Waals surface area contributed by atoms with Crippen molar-refractivity contribution in [3.05, 3.63) is 34.9 Å². The molecule has 1 nitrogen and oxygen atoms in total. The first-order valence-electron chi connectivity index (χ1n) is 5.26. The van der Waals surface area contributed by atoms with Crippen LogP contribution in [0.2, 0.25) is 0 Å². The second-order valence-electron chi connectivity index (χ2n) is 4.02. The molecule has 1 aromatic carbocycles. The summed E-state index contributed by atoms with van der Waals surface area (Å²) in [6.07, 6.45) is -3.63. The van der Waals surface area contributed by atoms with Gasteiger partial charge in [-0.05, 0) is 30.5 Å². The highest BCUT2D eigenvalue weighted by atomic mass is 19.3. The Bertz CT molecular complexity index is 377. The zero-order chi connectivity index (χ0) is 13.1. The van der Waals surface area contributed by atoms with E-state index in [1.165, 1.54) is 0 Å². The van der Waals surface area contributed by atoms with Crippen molar-refractivity contribution in [1.29, 1.82) is 0 Å². The molecule has 0 saturated carbocycles. The van der Waals surface area contributed by atoms with Crippen LogP contribution in [-0.4, -0.2) is 18.9 Å². The number of benzene rings is 1. The average molecular weight is 249 g/mol. The van der Waals surface area contributed by atoms with Crippen LogP contribution in [0.3, 0.4) is 0 Å². The van der Waals surface area contributed by atoms with Gasteiger partial charge in [-0.25, -0.2) is 8.78 Å². The smallest absolute Gasteiger partial charge is 0.307 e. The first-order chi connectivity index (χ1) is 7.84. The molecule has 0 bridgehead atoms. The van der Waals surface area contributed by atoms with E-state index in [4.69, 9.17) is 0 Å². The number of nitrogens with one attached hydrogen (secondary N) is 1. The summed E-state index contributed by atoms with van der Waals surface area (Å²) in [7, 11) is 0. The van der Waals surface area contributed by atoms with E-state index < -0.39 is 18.9 Å². The van der Waals surface area contributed by atoms with Gasteiger partial charge in [-0.15, -0.1) is 0 Å². The van der Waals surface area contributed by atoms with E-state index >= 15 is 0 Å². The molecule has 0 saturated heterocycles. The quantitative estimate of drug-likeness (QED) is 0.789. The van der Waals surface area contributed by atoms with E-state index in [-0.39, 0.29) is 6.54 Å². The molecule has 0 radical (unpaired) electrons. The molecule has 1 N–H and O–H groups in total. The van der Waals surface area contributed by atoms with E-state index in [1.807, 2.05) is 26.0 Å². The fourth-order valence-electron chi connectivity index (χ4n) is 1.44. The van der Waals surface area contributed by atoms with Gasteiger partial charge >= 0.3 is 12.3 Å². The molecular formula is C12H15F4N. The van der Waals surface area contributed by atoms with Crippen molar-refractivity contribution in [2.45, 2.75) is 32.7 Å². The average Bonchev–Trinajstić information content (AvgIpc) is 2.24. The Morgan fingerprint density at radius 1 is 1.24 bits per heavy atom. The van der Waals surface area contributed by atoms with Crippen molar-refractivity contribution in [2.24, 2.45) is 0 Å². The van der Waals surface area contributed by atoms with Crippen LogP contribution in [0, 0.1) is 13.8 Å².